The number of fused-ring (bicyclic) bond motifs is 1. The molecule has 2 rings (SSSR count). The Morgan fingerprint density at radius 3 is 2.94 bits per heavy atom. The van der Waals surface area contributed by atoms with Crippen molar-refractivity contribution >= 4 is 17.1 Å². The van der Waals surface area contributed by atoms with Gasteiger partial charge in [0.15, 0.2) is 0 Å². The molecule has 0 aliphatic carbocycles. The number of aromatic nitrogens is 2. The highest BCUT2D eigenvalue weighted by Crippen LogP contribution is 2.12. The molecule has 0 aliphatic rings. The van der Waals surface area contributed by atoms with Crippen LogP contribution in [0.15, 0.2) is 24.4 Å². The third-order valence-corrected chi connectivity index (χ3v) is 2.27. The molecule has 2 N–H and O–H groups in total. The molecule has 0 fully saturated rings. The van der Waals surface area contributed by atoms with Crippen molar-refractivity contribution < 1.29 is 9.53 Å². The van der Waals surface area contributed by atoms with Gasteiger partial charge in [-0.3, -0.25) is 0 Å². The van der Waals surface area contributed by atoms with Crippen LogP contribution in [0.5, 0.6) is 0 Å². The number of alkyl carbamates (subject to hydrolysis) is 1. The highest BCUT2D eigenvalue weighted by Gasteiger charge is 2.15. The van der Waals surface area contributed by atoms with E-state index < -0.39 is 11.7 Å². The molecule has 5 heteroatoms. The van der Waals surface area contributed by atoms with Gasteiger partial charge in [0.05, 0.1) is 6.54 Å². The first-order valence-electron chi connectivity index (χ1n) is 5.83. The Morgan fingerprint density at radius 1 is 1.50 bits per heavy atom. The Morgan fingerprint density at radius 2 is 2.28 bits per heavy atom. The van der Waals surface area contributed by atoms with Gasteiger partial charge in [-0.2, -0.15) is 0 Å². The van der Waals surface area contributed by atoms with Gasteiger partial charge >= 0.3 is 6.09 Å². The number of hydrogen-bond acceptors (Lipinski definition) is 3. The zero-order valence-corrected chi connectivity index (χ0v) is 10.8. The van der Waals surface area contributed by atoms with Crippen molar-refractivity contribution in [1.29, 1.82) is 0 Å². The summed E-state index contributed by atoms with van der Waals surface area (Å²) in [5.74, 6) is 0. The molecule has 0 saturated heterocycles. The molecule has 0 aromatic carbocycles. The maximum absolute atomic E-state index is 11.5. The minimum atomic E-state index is -0.480. The predicted octanol–water partition coefficient (Wildman–Crippen LogP) is 2.59. The van der Waals surface area contributed by atoms with E-state index in [1.165, 1.54) is 0 Å². The fourth-order valence-corrected chi connectivity index (χ4v) is 1.59. The van der Waals surface area contributed by atoms with E-state index in [0.717, 1.165) is 16.7 Å². The van der Waals surface area contributed by atoms with Gasteiger partial charge in [0.2, 0.25) is 0 Å². The van der Waals surface area contributed by atoms with E-state index in [0.29, 0.717) is 6.54 Å². The minimum absolute atomic E-state index is 0.394. The fraction of sp³-hybridized carbons (Fsp3) is 0.385. The van der Waals surface area contributed by atoms with E-state index in [2.05, 4.69) is 15.3 Å². The summed E-state index contributed by atoms with van der Waals surface area (Å²) in [6.07, 6.45) is 1.30. The van der Waals surface area contributed by atoms with E-state index in [1.807, 2.05) is 39.0 Å². The predicted molar refractivity (Wildman–Crippen MR) is 69.2 cm³/mol. The Labute approximate surface area is 106 Å². The maximum atomic E-state index is 11.5. The van der Waals surface area contributed by atoms with Gasteiger partial charge in [-0.25, -0.2) is 9.78 Å². The largest absolute Gasteiger partial charge is 0.444 e. The zero-order chi connectivity index (χ0) is 13.2. The van der Waals surface area contributed by atoms with Crippen LogP contribution in [0.25, 0.3) is 11.0 Å². The van der Waals surface area contributed by atoms with Crippen LogP contribution in [0.1, 0.15) is 26.5 Å². The van der Waals surface area contributed by atoms with Crippen molar-refractivity contribution in [2.75, 3.05) is 0 Å². The van der Waals surface area contributed by atoms with Crippen LogP contribution in [0.3, 0.4) is 0 Å². The van der Waals surface area contributed by atoms with Crippen molar-refractivity contribution in [1.82, 2.24) is 15.3 Å². The smallest absolute Gasteiger partial charge is 0.407 e. The number of pyridine rings is 1. The lowest BCUT2D eigenvalue weighted by Gasteiger charge is -2.19. The van der Waals surface area contributed by atoms with Crippen LogP contribution in [-0.4, -0.2) is 21.7 Å². The molecular weight excluding hydrogens is 230 g/mol. The van der Waals surface area contributed by atoms with Crippen molar-refractivity contribution in [3.63, 3.8) is 0 Å². The molecular formula is C13H17N3O2. The zero-order valence-electron chi connectivity index (χ0n) is 10.8. The second-order valence-corrected chi connectivity index (χ2v) is 5.09. The van der Waals surface area contributed by atoms with Crippen LogP contribution in [0.4, 0.5) is 4.79 Å². The first-order chi connectivity index (χ1) is 8.44. The molecule has 0 radical (unpaired) electrons. The summed E-state index contributed by atoms with van der Waals surface area (Å²) in [6.45, 7) is 5.89. The van der Waals surface area contributed by atoms with Crippen molar-refractivity contribution in [3.8, 4) is 0 Å². The van der Waals surface area contributed by atoms with E-state index in [4.69, 9.17) is 4.74 Å². The SMILES string of the molecule is CC(C)(C)OC(=O)NCc1cc2cccnc2[nH]1. The highest BCUT2D eigenvalue weighted by atomic mass is 16.6. The molecule has 5 nitrogen and oxygen atoms in total. The molecule has 0 atom stereocenters. The summed E-state index contributed by atoms with van der Waals surface area (Å²) in [5, 5.41) is 3.72. The van der Waals surface area contributed by atoms with Crippen LogP contribution in [0, 0.1) is 0 Å². The summed E-state index contributed by atoms with van der Waals surface area (Å²) >= 11 is 0. The number of hydrogen-bond donors (Lipinski definition) is 2. The lowest BCUT2D eigenvalue weighted by atomic mass is 10.2. The van der Waals surface area contributed by atoms with Gasteiger partial charge in [-0.15, -0.1) is 0 Å². The standard InChI is InChI=1S/C13H17N3O2/c1-13(2,3)18-12(17)15-8-10-7-9-5-4-6-14-11(9)16-10/h4-7H,8H2,1-3H3,(H,14,16)(H,15,17). The number of ether oxygens (including phenoxy) is 1. The average Bonchev–Trinajstić information content (AvgIpc) is 2.66. The third-order valence-electron chi connectivity index (χ3n) is 2.27. The van der Waals surface area contributed by atoms with Crippen LogP contribution in [-0.2, 0) is 11.3 Å². The number of rotatable bonds is 2. The number of nitrogens with zero attached hydrogens (tertiary/aromatic N) is 1. The first kappa shape index (κ1) is 12.4. The second-order valence-electron chi connectivity index (χ2n) is 5.09. The number of amides is 1. The topological polar surface area (TPSA) is 67.0 Å². The average molecular weight is 247 g/mol. The molecule has 0 saturated carbocycles. The normalized spacial score (nSPS) is 11.5. The Bertz CT molecular complexity index is 522. The van der Waals surface area contributed by atoms with Crippen LogP contribution >= 0.6 is 0 Å². The van der Waals surface area contributed by atoms with Gasteiger partial charge in [-0.1, -0.05) is 0 Å². The van der Waals surface area contributed by atoms with E-state index >= 15 is 0 Å². The molecule has 18 heavy (non-hydrogen) atoms. The van der Waals surface area contributed by atoms with E-state index in [9.17, 15) is 4.79 Å². The Balaban J connectivity index is 1.96. The van der Waals surface area contributed by atoms with Crippen LogP contribution in [0.2, 0.25) is 0 Å². The molecule has 0 bridgehead atoms. The molecule has 0 unspecified atom stereocenters. The number of carbonyl (C=O) groups excluding carboxylic acids is 1. The number of H-pyrrole nitrogens is 1. The van der Waals surface area contributed by atoms with Crippen molar-refractivity contribution in [2.24, 2.45) is 0 Å². The molecule has 0 aliphatic heterocycles. The van der Waals surface area contributed by atoms with Crippen molar-refractivity contribution in [3.05, 3.63) is 30.1 Å². The lowest BCUT2D eigenvalue weighted by molar-refractivity contribution is 0.0523. The van der Waals surface area contributed by atoms with E-state index in [-0.39, 0.29) is 0 Å². The number of carbonyl (C=O) groups is 1. The number of nitrogens with one attached hydrogen (secondary N) is 2. The van der Waals surface area contributed by atoms with Gasteiger partial charge in [0, 0.05) is 17.3 Å². The monoisotopic (exact) mass is 247 g/mol. The van der Waals surface area contributed by atoms with Crippen molar-refractivity contribution in [2.45, 2.75) is 32.9 Å². The molecule has 96 valence electrons. The maximum Gasteiger partial charge on any atom is 0.407 e. The summed E-state index contributed by atoms with van der Waals surface area (Å²) in [6, 6.07) is 5.80. The Kier molecular flexibility index (Phi) is 3.23. The molecule has 2 aromatic rings. The number of aromatic amines is 1. The van der Waals surface area contributed by atoms with Gasteiger partial charge in [0.25, 0.3) is 0 Å². The first-order valence-corrected chi connectivity index (χ1v) is 5.83. The molecule has 0 spiro atoms. The summed E-state index contributed by atoms with van der Waals surface area (Å²) < 4.78 is 5.15. The van der Waals surface area contributed by atoms with Gasteiger partial charge in [-0.05, 0) is 39.0 Å². The molecule has 1 amide bonds. The summed E-state index contributed by atoms with van der Waals surface area (Å²) in [7, 11) is 0. The summed E-state index contributed by atoms with van der Waals surface area (Å²) in [4.78, 5) is 18.8. The summed E-state index contributed by atoms with van der Waals surface area (Å²) in [5.41, 5.74) is 1.24. The fourth-order valence-electron chi connectivity index (χ4n) is 1.59. The lowest BCUT2D eigenvalue weighted by Crippen LogP contribution is -2.32. The van der Waals surface area contributed by atoms with Gasteiger partial charge < -0.3 is 15.0 Å². The van der Waals surface area contributed by atoms with E-state index in [1.54, 1.807) is 6.20 Å². The molecule has 2 aromatic heterocycles. The third kappa shape index (κ3) is 3.23. The van der Waals surface area contributed by atoms with Gasteiger partial charge in [0.1, 0.15) is 11.2 Å². The Hall–Kier alpha value is -2.04. The van der Waals surface area contributed by atoms with Crippen LogP contribution < -0.4 is 5.32 Å². The molecule has 2 heterocycles. The second kappa shape index (κ2) is 4.68. The quantitative estimate of drug-likeness (QED) is 0.857. The minimum Gasteiger partial charge on any atom is -0.444 e. The highest BCUT2D eigenvalue weighted by molar-refractivity contribution is 5.76.